The Bertz CT molecular complexity index is 286. The summed E-state index contributed by atoms with van der Waals surface area (Å²) in [5, 5.41) is 2.88. The van der Waals surface area contributed by atoms with Crippen LogP contribution in [0.1, 0.15) is 13.8 Å². The molecule has 0 radical (unpaired) electrons. The number of anilines is 1. The van der Waals surface area contributed by atoms with Crippen molar-refractivity contribution in [3.8, 4) is 5.75 Å². The monoisotopic (exact) mass is 183 g/mol. The van der Waals surface area contributed by atoms with Crippen molar-refractivity contribution in [2.75, 3.05) is 12.4 Å². The third-order valence-corrected chi connectivity index (χ3v) is 1.57. The van der Waals surface area contributed by atoms with Crippen molar-refractivity contribution in [2.45, 2.75) is 20.0 Å². The zero-order valence-corrected chi connectivity index (χ0v) is 8.10. The maximum absolute atomic E-state index is 12.8. The summed E-state index contributed by atoms with van der Waals surface area (Å²) in [4.78, 5) is 0. The van der Waals surface area contributed by atoms with Gasteiger partial charge in [-0.05, 0) is 26.0 Å². The molecule has 1 rings (SSSR count). The van der Waals surface area contributed by atoms with Crippen LogP contribution in [0.15, 0.2) is 18.2 Å². The van der Waals surface area contributed by atoms with Crippen LogP contribution in [0.4, 0.5) is 10.1 Å². The summed E-state index contributed by atoms with van der Waals surface area (Å²) in [5.74, 6) is 0.416. The molecule has 0 fully saturated rings. The van der Waals surface area contributed by atoms with Crippen LogP contribution in [0.5, 0.6) is 5.75 Å². The molecular formula is C10H14FNO. The lowest BCUT2D eigenvalue weighted by Gasteiger charge is -2.13. The Labute approximate surface area is 77.7 Å². The Morgan fingerprint density at radius 1 is 1.38 bits per heavy atom. The third kappa shape index (κ3) is 2.61. The van der Waals surface area contributed by atoms with E-state index < -0.39 is 0 Å². The van der Waals surface area contributed by atoms with Gasteiger partial charge in [0.1, 0.15) is 11.6 Å². The molecule has 0 aliphatic heterocycles. The maximum atomic E-state index is 12.8. The highest BCUT2D eigenvalue weighted by Crippen LogP contribution is 2.25. The first kappa shape index (κ1) is 9.84. The number of rotatable bonds is 3. The van der Waals surface area contributed by atoms with Crippen LogP contribution in [0.25, 0.3) is 0 Å². The second-order valence-corrected chi connectivity index (χ2v) is 3.06. The van der Waals surface area contributed by atoms with E-state index in [2.05, 4.69) is 5.32 Å². The van der Waals surface area contributed by atoms with E-state index in [-0.39, 0.29) is 11.9 Å². The predicted octanol–water partition coefficient (Wildman–Crippen LogP) is 2.65. The highest BCUT2D eigenvalue weighted by Gasteiger charge is 2.04. The smallest absolute Gasteiger partial charge is 0.142 e. The van der Waals surface area contributed by atoms with Gasteiger partial charge in [0.05, 0.1) is 11.8 Å². The van der Waals surface area contributed by atoms with Gasteiger partial charge in [-0.1, -0.05) is 0 Å². The molecule has 1 aromatic rings. The summed E-state index contributed by atoms with van der Waals surface area (Å²) >= 11 is 0. The van der Waals surface area contributed by atoms with Crippen LogP contribution in [-0.2, 0) is 0 Å². The van der Waals surface area contributed by atoms with Crippen molar-refractivity contribution in [2.24, 2.45) is 0 Å². The van der Waals surface area contributed by atoms with E-state index in [1.165, 1.54) is 12.1 Å². The molecule has 0 aliphatic rings. The van der Waals surface area contributed by atoms with Crippen LogP contribution in [0.3, 0.4) is 0 Å². The van der Waals surface area contributed by atoms with E-state index in [1.807, 2.05) is 13.8 Å². The van der Waals surface area contributed by atoms with Gasteiger partial charge in [0.15, 0.2) is 0 Å². The Balaban J connectivity index is 2.92. The first-order chi connectivity index (χ1) is 6.13. The largest absolute Gasteiger partial charge is 0.489 e. The maximum Gasteiger partial charge on any atom is 0.142 e. The molecule has 0 saturated carbocycles. The van der Waals surface area contributed by atoms with Gasteiger partial charge in [0.2, 0.25) is 0 Å². The van der Waals surface area contributed by atoms with Crippen molar-refractivity contribution < 1.29 is 9.13 Å². The molecule has 0 atom stereocenters. The summed E-state index contributed by atoms with van der Waals surface area (Å²) in [6.45, 7) is 3.87. The average molecular weight is 183 g/mol. The van der Waals surface area contributed by atoms with E-state index in [1.54, 1.807) is 13.1 Å². The molecule has 0 saturated heterocycles. The van der Waals surface area contributed by atoms with Gasteiger partial charge < -0.3 is 10.1 Å². The van der Waals surface area contributed by atoms with Gasteiger partial charge >= 0.3 is 0 Å². The molecule has 0 aliphatic carbocycles. The van der Waals surface area contributed by atoms with Crippen molar-refractivity contribution in [3.63, 3.8) is 0 Å². The lowest BCUT2D eigenvalue weighted by atomic mass is 10.3. The molecule has 3 heteroatoms. The van der Waals surface area contributed by atoms with Gasteiger partial charge in [0.25, 0.3) is 0 Å². The molecule has 1 N–H and O–H groups in total. The lowest BCUT2D eigenvalue weighted by Crippen LogP contribution is -2.07. The molecule has 2 nitrogen and oxygen atoms in total. The minimum atomic E-state index is -0.263. The normalized spacial score (nSPS) is 10.2. The molecular weight excluding hydrogens is 169 g/mol. The van der Waals surface area contributed by atoms with E-state index in [9.17, 15) is 4.39 Å². The highest BCUT2D eigenvalue weighted by atomic mass is 19.1. The molecule has 0 spiro atoms. The molecule has 0 bridgehead atoms. The quantitative estimate of drug-likeness (QED) is 0.777. The van der Waals surface area contributed by atoms with Crippen LogP contribution in [0, 0.1) is 5.82 Å². The van der Waals surface area contributed by atoms with Crippen LogP contribution < -0.4 is 10.1 Å². The van der Waals surface area contributed by atoms with Gasteiger partial charge in [0, 0.05) is 13.1 Å². The van der Waals surface area contributed by atoms with Gasteiger partial charge in [-0.2, -0.15) is 0 Å². The number of hydrogen-bond acceptors (Lipinski definition) is 2. The minimum Gasteiger partial charge on any atom is -0.489 e. The second kappa shape index (κ2) is 4.12. The van der Waals surface area contributed by atoms with Crippen molar-refractivity contribution in [1.29, 1.82) is 0 Å². The molecule has 0 aromatic heterocycles. The summed E-state index contributed by atoms with van der Waals surface area (Å²) < 4.78 is 18.2. The first-order valence-corrected chi connectivity index (χ1v) is 4.27. The molecule has 13 heavy (non-hydrogen) atoms. The number of hydrogen-bond donors (Lipinski definition) is 1. The third-order valence-electron chi connectivity index (χ3n) is 1.57. The predicted molar refractivity (Wildman–Crippen MR) is 51.7 cm³/mol. The summed E-state index contributed by atoms with van der Waals surface area (Å²) in [6, 6.07) is 4.43. The molecule has 0 heterocycles. The Morgan fingerprint density at radius 2 is 2.08 bits per heavy atom. The summed E-state index contributed by atoms with van der Waals surface area (Å²) in [7, 11) is 1.74. The van der Waals surface area contributed by atoms with Crippen molar-refractivity contribution in [1.82, 2.24) is 0 Å². The van der Waals surface area contributed by atoms with Crippen molar-refractivity contribution >= 4 is 5.69 Å². The Kier molecular flexibility index (Phi) is 3.12. The van der Waals surface area contributed by atoms with Gasteiger partial charge in [-0.3, -0.25) is 0 Å². The topological polar surface area (TPSA) is 21.3 Å². The fourth-order valence-electron chi connectivity index (χ4n) is 1.05. The second-order valence-electron chi connectivity index (χ2n) is 3.06. The number of halogens is 1. The van der Waals surface area contributed by atoms with Crippen molar-refractivity contribution in [3.05, 3.63) is 24.0 Å². The van der Waals surface area contributed by atoms with Gasteiger partial charge in [-0.15, -0.1) is 0 Å². The molecule has 72 valence electrons. The lowest BCUT2D eigenvalue weighted by molar-refractivity contribution is 0.243. The summed E-state index contributed by atoms with van der Waals surface area (Å²) in [6.07, 6.45) is 0.0950. The Morgan fingerprint density at radius 3 is 2.62 bits per heavy atom. The fraction of sp³-hybridized carbons (Fsp3) is 0.400. The summed E-state index contributed by atoms with van der Waals surface area (Å²) in [5.41, 5.74) is 0.675. The SMILES string of the molecule is CNc1cc(F)ccc1OC(C)C. The Hall–Kier alpha value is -1.25. The average Bonchev–Trinajstić information content (AvgIpc) is 2.07. The number of benzene rings is 1. The zero-order chi connectivity index (χ0) is 9.84. The molecule has 0 amide bonds. The fourth-order valence-corrected chi connectivity index (χ4v) is 1.05. The molecule has 1 aromatic carbocycles. The number of ether oxygens (including phenoxy) is 1. The van der Waals surface area contributed by atoms with E-state index in [0.717, 1.165) is 0 Å². The van der Waals surface area contributed by atoms with E-state index in [4.69, 9.17) is 4.74 Å². The van der Waals surface area contributed by atoms with E-state index in [0.29, 0.717) is 11.4 Å². The van der Waals surface area contributed by atoms with Crippen LogP contribution in [-0.4, -0.2) is 13.2 Å². The van der Waals surface area contributed by atoms with Gasteiger partial charge in [-0.25, -0.2) is 4.39 Å². The van der Waals surface area contributed by atoms with E-state index >= 15 is 0 Å². The number of nitrogens with one attached hydrogen (secondary N) is 1. The first-order valence-electron chi connectivity index (χ1n) is 4.27. The highest BCUT2D eigenvalue weighted by molar-refractivity contribution is 5.56. The zero-order valence-electron chi connectivity index (χ0n) is 8.10. The molecule has 0 unspecified atom stereocenters. The van der Waals surface area contributed by atoms with Crippen LogP contribution >= 0.6 is 0 Å². The standard InChI is InChI=1S/C10H14FNO/c1-7(2)13-10-5-4-8(11)6-9(10)12-3/h4-7,12H,1-3H3. The van der Waals surface area contributed by atoms with Crippen LogP contribution in [0.2, 0.25) is 0 Å². The minimum absolute atomic E-state index is 0.0950.